The summed E-state index contributed by atoms with van der Waals surface area (Å²) in [6.07, 6.45) is -0.213. The fourth-order valence-electron chi connectivity index (χ4n) is 7.04. The van der Waals surface area contributed by atoms with Crippen LogP contribution >= 0.6 is 0 Å². The number of ether oxygens (including phenoxy) is 1. The molecule has 1 aliphatic carbocycles. The Morgan fingerprint density at radius 3 is 1.78 bits per heavy atom. The summed E-state index contributed by atoms with van der Waals surface area (Å²) in [5, 5.41) is 3.63. The van der Waals surface area contributed by atoms with Crippen LogP contribution in [-0.2, 0) is 5.41 Å². The summed E-state index contributed by atoms with van der Waals surface area (Å²) in [4.78, 5) is 0. The van der Waals surface area contributed by atoms with Crippen LogP contribution in [0.2, 0.25) is 0 Å². The van der Waals surface area contributed by atoms with E-state index in [0.29, 0.717) is 0 Å². The number of nitrogens with one attached hydrogen (secondary N) is 1. The van der Waals surface area contributed by atoms with Gasteiger partial charge in [-0.15, -0.1) is 0 Å². The van der Waals surface area contributed by atoms with Crippen molar-refractivity contribution < 1.29 is 4.74 Å². The molecule has 0 spiro atoms. The molecule has 2 aliphatic rings. The Hall–Kier alpha value is -5.08. The molecule has 0 saturated carbocycles. The van der Waals surface area contributed by atoms with Crippen molar-refractivity contribution in [1.29, 1.82) is 0 Å². The van der Waals surface area contributed by atoms with E-state index in [9.17, 15) is 0 Å². The van der Waals surface area contributed by atoms with Gasteiger partial charge in [-0.3, -0.25) is 0 Å². The van der Waals surface area contributed by atoms with Crippen LogP contribution in [0.15, 0.2) is 133 Å². The zero-order valence-electron chi connectivity index (χ0n) is 26.7. The van der Waals surface area contributed by atoms with Gasteiger partial charge in [0.05, 0.1) is 5.69 Å². The van der Waals surface area contributed by atoms with Crippen molar-refractivity contribution in [2.75, 3.05) is 5.32 Å². The third-order valence-electron chi connectivity index (χ3n) is 9.30. The molecular weight excluding hydrogens is 546 g/mol. The predicted molar refractivity (Wildman–Crippen MR) is 190 cm³/mol. The van der Waals surface area contributed by atoms with E-state index in [4.69, 9.17) is 4.74 Å². The Morgan fingerprint density at radius 2 is 1.09 bits per heavy atom. The van der Waals surface area contributed by atoms with Crippen LogP contribution in [0.5, 0.6) is 5.75 Å². The first kappa shape index (κ1) is 28.7. The molecule has 1 aliphatic heterocycles. The Morgan fingerprint density at radius 1 is 0.533 bits per heavy atom. The number of anilines is 1. The molecule has 6 aromatic carbocycles. The molecule has 0 bridgehead atoms. The molecule has 0 fully saturated rings. The number of aryl methyl sites for hydroxylation is 1. The van der Waals surface area contributed by atoms with Gasteiger partial charge in [0, 0.05) is 16.5 Å². The van der Waals surface area contributed by atoms with Gasteiger partial charge in [0.15, 0.2) is 12.0 Å². The lowest BCUT2D eigenvalue weighted by Gasteiger charge is -2.23. The van der Waals surface area contributed by atoms with Crippen molar-refractivity contribution in [2.24, 2.45) is 0 Å². The van der Waals surface area contributed by atoms with Crippen LogP contribution in [0.4, 0.5) is 5.69 Å². The average Bonchev–Trinajstić information content (AvgIpc) is 3.63. The first-order valence-electron chi connectivity index (χ1n) is 16.1. The van der Waals surface area contributed by atoms with Crippen LogP contribution in [0, 0.1) is 6.92 Å². The van der Waals surface area contributed by atoms with Gasteiger partial charge < -0.3 is 10.1 Å². The third-order valence-corrected chi connectivity index (χ3v) is 9.30. The Kier molecular flexibility index (Phi) is 7.30. The van der Waals surface area contributed by atoms with Crippen molar-refractivity contribution in [1.82, 2.24) is 0 Å². The van der Waals surface area contributed by atoms with Crippen LogP contribution in [0.3, 0.4) is 0 Å². The zero-order chi connectivity index (χ0) is 31.1. The second-order valence-corrected chi connectivity index (χ2v) is 12.2. The van der Waals surface area contributed by atoms with E-state index in [2.05, 4.69) is 160 Å². The fourth-order valence-corrected chi connectivity index (χ4v) is 7.04. The molecule has 2 heteroatoms. The highest BCUT2D eigenvalue weighted by Gasteiger charge is 2.41. The molecule has 1 heterocycles. The maximum Gasteiger partial charge on any atom is 0.196 e. The van der Waals surface area contributed by atoms with Crippen LogP contribution in [0.25, 0.3) is 44.5 Å². The standard InChI is InChI=1S/C41H33NO.C2H6/c1-26-10-4-5-11-31(26)33-13-7-6-12-32(33)29-20-16-27(17-21-29)28-18-22-30(23-19-28)40-42-37-25-24-35-34-14-8-9-15-36(34)41(2,3)38(35)39(37)43-40;1-2/h4-25,40,42H,1-3H3;1-2H3. The van der Waals surface area contributed by atoms with Gasteiger partial charge >= 0.3 is 0 Å². The number of hydrogen-bond donors (Lipinski definition) is 1. The van der Waals surface area contributed by atoms with E-state index in [-0.39, 0.29) is 11.6 Å². The largest absolute Gasteiger partial charge is 0.464 e. The van der Waals surface area contributed by atoms with Crippen LogP contribution < -0.4 is 10.1 Å². The predicted octanol–water partition coefficient (Wildman–Crippen LogP) is 11.8. The minimum atomic E-state index is -0.213. The highest BCUT2D eigenvalue weighted by atomic mass is 16.5. The molecule has 45 heavy (non-hydrogen) atoms. The lowest BCUT2D eigenvalue weighted by molar-refractivity contribution is 0.255. The first-order chi connectivity index (χ1) is 22.0. The lowest BCUT2D eigenvalue weighted by atomic mass is 9.82. The quantitative estimate of drug-likeness (QED) is 0.222. The molecule has 0 aromatic heterocycles. The second-order valence-electron chi connectivity index (χ2n) is 12.2. The molecule has 1 atom stereocenters. The summed E-state index contributed by atoms with van der Waals surface area (Å²) in [5.41, 5.74) is 16.0. The molecule has 6 aromatic rings. The monoisotopic (exact) mass is 585 g/mol. The van der Waals surface area contributed by atoms with Gasteiger partial charge in [-0.2, -0.15) is 0 Å². The molecule has 2 nitrogen and oxygen atoms in total. The van der Waals surface area contributed by atoms with E-state index < -0.39 is 0 Å². The minimum absolute atomic E-state index is 0.107. The molecule has 222 valence electrons. The smallest absolute Gasteiger partial charge is 0.196 e. The summed E-state index contributed by atoms with van der Waals surface area (Å²) in [7, 11) is 0. The van der Waals surface area contributed by atoms with Crippen molar-refractivity contribution in [3.8, 4) is 50.3 Å². The first-order valence-corrected chi connectivity index (χ1v) is 16.1. The van der Waals surface area contributed by atoms with Crippen molar-refractivity contribution in [3.05, 3.63) is 156 Å². The highest BCUT2D eigenvalue weighted by molar-refractivity contribution is 5.88. The van der Waals surface area contributed by atoms with Crippen molar-refractivity contribution >= 4 is 5.69 Å². The summed E-state index contributed by atoms with van der Waals surface area (Å²) < 4.78 is 6.66. The minimum Gasteiger partial charge on any atom is -0.464 e. The second kappa shape index (κ2) is 11.4. The summed E-state index contributed by atoms with van der Waals surface area (Å²) in [6.45, 7) is 10.8. The number of hydrogen-bond acceptors (Lipinski definition) is 2. The molecule has 0 saturated heterocycles. The molecule has 8 rings (SSSR count). The van der Waals surface area contributed by atoms with E-state index in [0.717, 1.165) is 17.0 Å². The van der Waals surface area contributed by atoms with Gasteiger partial charge in [-0.05, 0) is 68.6 Å². The van der Waals surface area contributed by atoms with Crippen LogP contribution in [0.1, 0.15) is 56.2 Å². The fraction of sp³-hybridized carbons (Fsp3) is 0.163. The van der Waals surface area contributed by atoms with Gasteiger partial charge in [0.1, 0.15) is 0 Å². The van der Waals surface area contributed by atoms with Crippen molar-refractivity contribution in [2.45, 2.75) is 46.3 Å². The van der Waals surface area contributed by atoms with E-state index >= 15 is 0 Å². The van der Waals surface area contributed by atoms with Gasteiger partial charge in [0.2, 0.25) is 0 Å². The van der Waals surface area contributed by atoms with E-state index in [1.165, 1.54) is 61.2 Å². The maximum atomic E-state index is 6.66. The third kappa shape index (κ3) is 4.82. The Balaban J connectivity index is 0.00000160. The van der Waals surface area contributed by atoms with Crippen molar-refractivity contribution in [3.63, 3.8) is 0 Å². The molecule has 1 unspecified atom stereocenters. The Labute approximate surface area is 267 Å². The lowest BCUT2D eigenvalue weighted by Crippen LogP contribution is -2.16. The number of benzene rings is 6. The molecule has 0 radical (unpaired) electrons. The highest BCUT2D eigenvalue weighted by Crippen LogP contribution is 2.56. The number of fused-ring (bicyclic) bond motifs is 5. The van der Waals surface area contributed by atoms with Gasteiger partial charge in [0.25, 0.3) is 0 Å². The molecular formula is C43H39NO. The molecule has 1 N–H and O–H groups in total. The van der Waals surface area contributed by atoms with Gasteiger partial charge in [-0.25, -0.2) is 0 Å². The van der Waals surface area contributed by atoms with Gasteiger partial charge in [-0.1, -0.05) is 155 Å². The van der Waals surface area contributed by atoms with Crippen LogP contribution in [-0.4, -0.2) is 0 Å². The number of rotatable bonds is 4. The SMILES string of the molecule is CC.Cc1ccccc1-c1ccccc1-c1ccc(-c2ccc(C3Nc4ccc5c(c4O3)C(C)(C)c3ccccc3-5)cc2)cc1. The summed E-state index contributed by atoms with van der Waals surface area (Å²) >= 11 is 0. The topological polar surface area (TPSA) is 21.3 Å². The Bertz CT molecular complexity index is 2000. The zero-order valence-corrected chi connectivity index (χ0v) is 26.7. The average molecular weight is 586 g/mol. The summed E-state index contributed by atoms with van der Waals surface area (Å²) in [6, 6.07) is 48.1. The normalized spacial score (nSPS) is 15.1. The molecule has 0 amide bonds. The van der Waals surface area contributed by atoms with E-state index in [1.807, 2.05) is 13.8 Å². The summed E-state index contributed by atoms with van der Waals surface area (Å²) in [5.74, 6) is 0.981. The van der Waals surface area contributed by atoms with E-state index in [1.54, 1.807) is 0 Å². The maximum absolute atomic E-state index is 6.66.